The van der Waals surface area contributed by atoms with Gasteiger partial charge in [-0.25, -0.2) is 0 Å². The van der Waals surface area contributed by atoms with Crippen LogP contribution in [-0.4, -0.2) is 25.8 Å². The molecule has 0 aliphatic rings. The van der Waals surface area contributed by atoms with Gasteiger partial charge in [-0.2, -0.15) is 0 Å². The molecule has 72 valence electrons. The number of ether oxygens (including phenoxy) is 1. The molecule has 0 aliphatic heterocycles. The van der Waals surface area contributed by atoms with Gasteiger partial charge in [-0.05, 0) is 19.4 Å². The van der Waals surface area contributed by atoms with E-state index in [1.807, 2.05) is 6.92 Å². The fourth-order valence-electron chi connectivity index (χ4n) is 0.744. The molecule has 0 rings (SSSR count). The van der Waals surface area contributed by atoms with Crippen molar-refractivity contribution in [3.8, 4) is 0 Å². The highest BCUT2D eigenvalue weighted by atomic mass is 16.5. The SMILES string of the molecule is CO[C@H](C)NC(=O)CC(C)CN. The maximum Gasteiger partial charge on any atom is 0.222 e. The predicted molar refractivity (Wildman–Crippen MR) is 47.4 cm³/mol. The number of methoxy groups -OCH3 is 1. The number of hydrogen-bond donors (Lipinski definition) is 2. The smallest absolute Gasteiger partial charge is 0.222 e. The lowest BCUT2D eigenvalue weighted by molar-refractivity contribution is -0.125. The molecule has 0 fully saturated rings. The van der Waals surface area contributed by atoms with E-state index in [4.69, 9.17) is 10.5 Å². The Hall–Kier alpha value is -0.610. The summed E-state index contributed by atoms with van der Waals surface area (Å²) in [6, 6.07) is 0. The van der Waals surface area contributed by atoms with E-state index in [1.165, 1.54) is 0 Å². The van der Waals surface area contributed by atoms with Crippen molar-refractivity contribution < 1.29 is 9.53 Å². The van der Waals surface area contributed by atoms with Crippen LogP contribution < -0.4 is 11.1 Å². The summed E-state index contributed by atoms with van der Waals surface area (Å²) in [5, 5.41) is 2.68. The molecule has 0 aliphatic carbocycles. The van der Waals surface area contributed by atoms with Gasteiger partial charge in [-0.1, -0.05) is 6.92 Å². The first kappa shape index (κ1) is 11.4. The van der Waals surface area contributed by atoms with Crippen molar-refractivity contribution in [3.63, 3.8) is 0 Å². The molecule has 2 atom stereocenters. The Balaban J connectivity index is 3.59. The molecule has 0 saturated heterocycles. The zero-order valence-corrected chi connectivity index (χ0v) is 7.96. The molecule has 0 aromatic heterocycles. The summed E-state index contributed by atoms with van der Waals surface area (Å²) in [5.41, 5.74) is 5.37. The number of nitrogens with one attached hydrogen (secondary N) is 1. The summed E-state index contributed by atoms with van der Waals surface area (Å²) in [5.74, 6) is 0.219. The second-order valence-electron chi connectivity index (χ2n) is 2.99. The third kappa shape index (κ3) is 5.09. The molecule has 1 amide bonds. The minimum atomic E-state index is -0.220. The van der Waals surface area contributed by atoms with E-state index < -0.39 is 0 Å². The lowest BCUT2D eigenvalue weighted by atomic mass is 10.1. The van der Waals surface area contributed by atoms with E-state index in [0.29, 0.717) is 13.0 Å². The summed E-state index contributed by atoms with van der Waals surface area (Å²) < 4.78 is 4.87. The predicted octanol–water partition coefficient (Wildman–Crippen LogP) is 0.0799. The standard InChI is InChI=1S/C8H18N2O2/c1-6(5-9)4-8(11)10-7(2)12-3/h6-7H,4-5,9H2,1-3H3,(H,10,11)/t6?,7-/m1/s1. The Morgan fingerprint density at radius 3 is 2.58 bits per heavy atom. The van der Waals surface area contributed by atoms with E-state index in [1.54, 1.807) is 14.0 Å². The van der Waals surface area contributed by atoms with Crippen LogP contribution in [0.1, 0.15) is 20.3 Å². The van der Waals surface area contributed by atoms with Crippen molar-refractivity contribution in [2.45, 2.75) is 26.5 Å². The van der Waals surface area contributed by atoms with Crippen molar-refractivity contribution in [1.82, 2.24) is 5.32 Å². The van der Waals surface area contributed by atoms with Crippen LogP contribution >= 0.6 is 0 Å². The summed E-state index contributed by atoms with van der Waals surface area (Å²) in [6.07, 6.45) is 0.243. The molecule has 0 bridgehead atoms. The quantitative estimate of drug-likeness (QED) is 0.580. The topological polar surface area (TPSA) is 64.3 Å². The summed E-state index contributed by atoms with van der Waals surface area (Å²) in [6.45, 7) is 4.26. The van der Waals surface area contributed by atoms with Crippen LogP contribution in [0.25, 0.3) is 0 Å². The highest BCUT2D eigenvalue weighted by Gasteiger charge is 2.09. The van der Waals surface area contributed by atoms with Crippen LogP contribution in [0.3, 0.4) is 0 Å². The highest BCUT2D eigenvalue weighted by Crippen LogP contribution is 1.98. The van der Waals surface area contributed by atoms with E-state index >= 15 is 0 Å². The Bertz CT molecular complexity index is 125. The maximum absolute atomic E-state index is 11.1. The lowest BCUT2D eigenvalue weighted by Crippen LogP contribution is -2.35. The van der Waals surface area contributed by atoms with E-state index in [9.17, 15) is 4.79 Å². The number of rotatable bonds is 5. The van der Waals surface area contributed by atoms with Gasteiger partial charge >= 0.3 is 0 Å². The van der Waals surface area contributed by atoms with Crippen LogP contribution in [0.15, 0.2) is 0 Å². The molecule has 0 aromatic carbocycles. The maximum atomic E-state index is 11.1. The number of carbonyl (C=O) groups excluding carboxylic acids is 1. The highest BCUT2D eigenvalue weighted by molar-refractivity contribution is 5.76. The van der Waals surface area contributed by atoms with Crippen molar-refractivity contribution in [1.29, 1.82) is 0 Å². The first-order valence-electron chi connectivity index (χ1n) is 4.12. The Labute approximate surface area is 73.5 Å². The average Bonchev–Trinajstić information content (AvgIpc) is 2.03. The second-order valence-corrected chi connectivity index (χ2v) is 2.99. The summed E-state index contributed by atoms with van der Waals surface area (Å²) in [4.78, 5) is 11.1. The molecule has 0 heterocycles. The fourth-order valence-corrected chi connectivity index (χ4v) is 0.744. The van der Waals surface area contributed by atoms with E-state index in [2.05, 4.69) is 5.32 Å². The van der Waals surface area contributed by atoms with Crippen LogP contribution in [0, 0.1) is 5.92 Å². The molecule has 3 N–H and O–H groups in total. The Kier molecular flexibility index (Phi) is 5.66. The summed E-state index contributed by atoms with van der Waals surface area (Å²) >= 11 is 0. The van der Waals surface area contributed by atoms with Gasteiger partial charge in [0, 0.05) is 13.5 Å². The first-order valence-corrected chi connectivity index (χ1v) is 4.12. The molecular formula is C8H18N2O2. The normalized spacial score (nSPS) is 15.3. The molecule has 4 heteroatoms. The van der Waals surface area contributed by atoms with Gasteiger partial charge in [0.15, 0.2) is 0 Å². The van der Waals surface area contributed by atoms with Crippen molar-refractivity contribution >= 4 is 5.91 Å². The van der Waals surface area contributed by atoms with Gasteiger partial charge in [-0.15, -0.1) is 0 Å². The van der Waals surface area contributed by atoms with E-state index in [-0.39, 0.29) is 18.1 Å². The second kappa shape index (κ2) is 5.97. The Morgan fingerprint density at radius 1 is 1.58 bits per heavy atom. The zero-order valence-electron chi connectivity index (χ0n) is 7.96. The van der Waals surface area contributed by atoms with Crippen LogP contribution in [0.2, 0.25) is 0 Å². The number of carbonyl (C=O) groups is 1. The zero-order chi connectivity index (χ0) is 9.56. The van der Waals surface area contributed by atoms with Crippen LogP contribution in [0.4, 0.5) is 0 Å². The fraction of sp³-hybridized carbons (Fsp3) is 0.875. The minimum Gasteiger partial charge on any atom is -0.362 e. The van der Waals surface area contributed by atoms with Crippen molar-refractivity contribution in [3.05, 3.63) is 0 Å². The monoisotopic (exact) mass is 174 g/mol. The molecule has 0 aromatic rings. The van der Waals surface area contributed by atoms with Crippen molar-refractivity contribution in [2.75, 3.05) is 13.7 Å². The summed E-state index contributed by atoms with van der Waals surface area (Å²) in [7, 11) is 1.55. The third-order valence-corrected chi connectivity index (χ3v) is 1.65. The van der Waals surface area contributed by atoms with Crippen LogP contribution in [-0.2, 0) is 9.53 Å². The van der Waals surface area contributed by atoms with Gasteiger partial charge < -0.3 is 15.8 Å². The number of hydrogen-bond acceptors (Lipinski definition) is 3. The molecule has 4 nitrogen and oxygen atoms in total. The first-order chi connectivity index (χ1) is 5.60. The average molecular weight is 174 g/mol. The number of amides is 1. The molecule has 0 radical (unpaired) electrons. The van der Waals surface area contributed by atoms with Crippen LogP contribution in [0.5, 0.6) is 0 Å². The van der Waals surface area contributed by atoms with Gasteiger partial charge in [0.2, 0.25) is 5.91 Å². The largest absolute Gasteiger partial charge is 0.362 e. The molecule has 1 unspecified atom stereocenters. The molecule has 0 saturated carbocycles. The van der Waals surface area contributed by atoms with Gasteiger partial charge in [0.1, 0.15) is 6.23 Å². The minimum absolute atomic E-state index is 0.0118. The van der Waals surface area contributed by atoms with Gasteiger partial charge in [-0.3, -0.25) is 4.79 Å². The van der Waals surface area contributed by atoms with Gasteiger partial charge in [0.25, 0.3) is 0 Å². The third-order valence-electron chi connectivity index (χ3n) is 1.65. The number of nitrogens with two attached hydrogens (primary N) is 1. The molecule has 12 heavy (non-hydrogen) atoms. The van der Waals surface area contributed by atoms with Crippen molar-refractivity contribution in [2.24, 2.45) is 11.7 Å². The van der Waals surface area contributed by atoms with E-state index in [0.717, 1.165) is 0 Å². The lowest BCUT2D eigenvalue weighted by Gasteiger charge is -2.13. The molecule has 0 spiro atoms. The van der Waals surface area contributed by atoms with Gasteiger partial charge in [0.05, 0.1) is 0 Å². The Morgan fingerprint density at radius 2 is 2.17 bits per heavy atom. The molecular weight excluding hydrogens is 156 g/mol.